The molecule has 0 saturated heterocycles. The van der Waals surface area contributed by atoms with Crippen LogP contribution in [-0.2, 0) is 11.3 Å². The molecule has 27 heavy (non-hydrogen) atoms. The highest BCUT2D eigenvalue weighted by Crippen LogP contribution is 2.36. The third-order valence-corrected chi connectivity index (χ3v) is 3.95. The number of carbonyl (C=O) groups excluding carboxylic acids is 1. The zero-order chi connectivity index (χ0) is 19.4. The Balaban J connectivity index is 2.08. The van der Waals surface area contributed by atoms with Crippen LogP contribution in [0.2, 0.25) is 0 Å². The molecule has 1 heterocycles. The van der Waals surface area contributed by atoms with Crippen LogP contribution in [0.15, 0.2) is 42.5 Å². The van der Waals surface area contributed by atoms with E-state index in [9.17, 15) is 9.18 Å². The van der Waals surface area contributed by atoms with Gasteiger partial charge in [0.1, 0.15) is 18.2 Å². The monoisotopic (exact) mass is 371 g/mol. The lowest BCUT2D eigenvalue weighted by molar-refractivity contribution is 0.0594. The van der Waals surface area contributed by atoms with Crippen molar-refractivity contribution in [1.29, 1.82) is 0 Å². The third-order valence-electron chi connectivity index (χ3n) is 3.95. The summed E-state index contributed by atoms with van der Waals surface area (Å²) in [4.78, 5) is 16.3. The van der Waals surface area contributed by atoms with Crippen LogP contribution in [0.1, 0.15) is 16.1 Å². The van der Waals surface area contributed by atoms with Gasteiger partial charge in [-0.15, -0.1) is 0 Å². The fourth-order valence-corrected chi connectivity index (χ4v) is 2.64. The molecule has 0 aliphatic heterocycles. The zero-order valence-corrected chi connectivity index (χ0v) is 15.1. The van der Waals surface area contributed by atoms with E-state index in [0.717, 1.165) is 0 Å². The van der Waals surface area contributed by atoms with Crippen LogP contribution in [0.25, 0.3) is 10.9 Å². The molecule has 0 N–H and O–H groups in total. The van der Waals surface area contributed by atoms with Gasteiger partial charge in [-0.1, -0.05) is 12.1 Å². The number of rotatable bonds is 6. The smallest absolute Gasteiger partial charge is 0.356 e. The van der Waals surface area contributed by atoms with E-state index >= 15 is 0 Å². The summed E-state index contributed by atoms with van der Waals surface area (Å²) < 4.78 is 34.6. The topological polar surface area (TPSA) is 66.9 Å². The third kappa shape index (κ3) is 3.92. The Morgan fingerprint density at radius 1 is 1.00 bits per heavy atom. The van der Waals surface area contributed by atoms with Crippen molar-refractivity contribution in [3.63, 3.8) is 0 Å². The number of pyridine rings is 1. The van der Waals surface area contributed by atoms with E-state index in [-0.39, 0.29) is 18.1 Å². The average Bonchev–Trinajstić information content (AvgIpc) is 2.70. The Kier molecular flexibility index (Phi) is 5.40. The molecular weight excluding hydrogens is 353 g/mol. The zero-order valence-electron chi connectivity index (χ0n) is 15.1. The number of hydrogen-bond acceptors (Lipinski definition) is 6. The van der Waals surface area contributed by atoms with Crippen LogP contribution >= 0.6 is 0 Å². The molecule has 0 fully saturated rings. The number of methoxy groups -OCH3 is 3. The quantitative estimate of drug-likeness (QED) is 0.615. The van der Waals surface area contributed by atoms with Gasteiger partial charge < -0.3 is 18.9 Å². The number of aromatic nitrogens is 1. The van der Waals surface area contributed by atoms with Gasteiger partial charge in [0, 0.05) is 17.5 Å². The van der Waals surface area contributed by atoms with Crippen molar-refractivity contribution in [3.05, 3.63) is 59.5 Å². The molecule has 0 atom stereocenters. The summed E-state index contributed by atoms with van der Waals surface area (Å²) in [6, 6.07) is 10.9. The van der Waals surface area contributed by atoms with Crippen LogP contribution in [0.5, 0.6) is 17.2 Å². The van der Waals surface area contributed by atoms with Gasteiger partial charge in [0.15, 0.2) is 17.2 Å². The molecule has 140 valence electrons. The van der Waals surface area contributed by atoms with Gasteiger partial charge in [-0.3, -0.25) is 0 Å². The molecule has 0 aliphatic carbocycles. The van der Waals surface area contributed by atoms with Crippen molar-refractivity contribution in [1.82, 2.24) is 4.98 Å². The number of benzene rings is 2. The minimum absolute atomic E-state index is 0.0893. The number of carbonyl (C=O) groups is 1. The second-order valence-corrected chi connectivity index (χ2v) is 5.64. The number of fused-ring (bicyclic) bond motifs is 1. The van der Waals surface area contributed by atoms with Crippen LogP contribution in [0, 0.1) is 5.82 Å². The predicted octanol–water partition coefficient (Wildman–Crippen LogP) is 3.76. The number of esters is 1. The van der Waals surface area contributed by atoms with Crippen LogP contribution in [0.4, 0.5) is 4.39 Å². The van der Waals surface area contributed by atoms with Crippen molar-refractivity contribution in [2.24, 2.45) is 0 Å². The molecule has 1 aromatic heterocycles. The molecule has 2 aromatic carbocycles. The lowest BCUT2D eigenvalue weighted by Gasteiger charge is -2.14. The van der Waals surface area contributed by atoms with E-state index in [1.807, 2.05) is 0 Å². The fourth-order valence-electron chi connectivity index (χ4n) is 2.64. The predicted molar refractivity (Wildman–Crippen MR) is 96.9 cm³/mol. The standard InChI is InChI=1S/C20H18FNO5/c1-24-18-8-14-15(9-19(18)25-2)22-16(20(23)26-3)10-17(14)27-11-12-5-4-6-13(21)7-12/h4-10H,11H2,1-3H3. The Bertz CT molecular complexity index is 990. The Morgan fingerprint density at radius 2 is 1.74 bits per heavy atom. The molecule has 0 unspecified atom stereocenters. The van der Waals surface area contributed by atoms with Crippen molar-refractivity contribution in [2.75, 3.05) is 21.3 Å². The van der Waals surface area contributed by atoms with E-state index in [2.05, 4.69) is 4.98 Å². The van der Waals surface area contributed by atoms with Crippen LogP contribution in [0.3, 0.4) is 0 Å². The van der Waals surface area contributed by atoms with Gasteiger partial charge in [-0.05, 0) is 23.8 Å². The van der Waals surface area contributed by atoms with Gasteiger partial charge in [0.05, 0.1) is 26.8 Å². The van der Waals surface area contributed by atoms with Gasteiger partial charge in [0.25, 0.3) is 0 Å². The maximum atomic E-state index is 13.4. The van der Waals surface area contributed by atoms with Crippen LogP contribution in [-0.4, -0.2) is 32.3 Å². The van der Waals surface area contributed by atoms with Crippen molar-refractivity contribution in [2.45, 2.75) is 6.61 Å². The van der Waals surface area contributed by atoms with Gasteiger partial charge in [-0.2, -0.15) is 0 Å². The summed E-state index contributed by atoms with van der Waals surface area (Å²) in [6.07, 6.45) is 0. The summed E-state index contributed by atoms with van der Waals surface area (Å²) in [5.41, 5.74) is 1.22. The summed E-state index contributed by atoms with van der Waals surface area (Å²) >= 11 is 0. The fraction of sp³-hybridized carbons (Fsp3) is 0.200. The van der Waals surface area contributed by atoms with E-state index < -0.39 is 5.97 Å². The highest BCUT2D eigenvalue weighted by Gasteiger charge is 2.17. The Morgan fingerprint density at radius 3 is 2.41 bits per heavy atom. The Hall–Kier alpha value is -3.35. The number of ether oxygens (including phenoxy) is 4. The normalized spacial score (nSPS) is 10.5. The maximum absolute atomic E-state index is 13.4. The second-order valence-electron chi connectivity index (χ2n) is 5.64. The minimum Gasteiger partial charge on any atom is -0.493 e. The molecule has 3 aromatic rings. The largest absolute Gasteiger partial charge is 0.493 e. The van der Waals surface area contributed by atoms with Crippen molar-refractivity contribution < 1.29 is 28.1 Å². The summed E-state index contributed by atoms with van der Waals surface area (Å²) in [7, 11) is 4.30. The molecule has 7 heteroatoms. The lowest BCUT2D eigenvalue weighted by atomic mass is 10.1. The Labute approximate surface area is 155 Å². The van der Waals surface area contributed by atoms with E-state index in [1.165, 1.54) is 39.5 Å². The maximum Gasteiger partial charge on any atom is 0.356 e. The number of halogens is 1. The first-order valence-corrected chi connectivity index (χ1v) is 8.08. The summed E-state index contributed by atoms with van der Waals surface area (Å²) in [5, 5.41) is 0.622. The number of nitrogens with zero attached hydrogens (tertiary/aromatic N) is 1. The molecule has 6 nitrogen and oxygen atoms in total. The number of hydrogen-bond donors (Lipinski definition) is 0. The average molecular weight is 371 g/mol. The van der Waals surface area contributed by atoms with E-state index in [1.54, 1.807) is 24.3 Å². The van der Waals surface area contributed by atoms with E-state index in [4.69, 9.17) is 18.9 Å². The highest BCUT2D eigenvalue weighted by atomic mass is 19.1. The van der Waals surface area contributed by atoms with Gasteiger partial charge >= 0.3 is 5.97 Å². The second kappa shape index (κ2) is 7.90. The summed E-state index contributed by atoms with van der Waals surface area (Å²) in [6.45, 7) is 0.117. The molecule has 0 spiro atoms. The molecule has 0 radical (unpaired) electrons. The lowest BCUT2D eigenvalue weighted by Crippen LogP contribution is -2.06. The molecule has 0 bridgehead atoms. The molecular formula is C20H18FNO5. The van der Waals surface area contributed by atoms with Crippen molar-refractivity contribution >= 4 is 16.9 Å². The first-order chi connectivity index (χ1) is 13.0. The molecule has 0 amide bonds. The van der Waals surface area contributed by atoms with Gasteiger partial charge in [-0.25, -0.2) is 14.2 Å². The van der Waals surface area contributed by atoms with Crippen LogP contribution < -0.4 is 14.2 Å². The summed E-state index contributed by atoms with van der Waals surface area (Å²) in [5.74, 6) is 0.411. The van der Waals surface area contributed by atoms with E-state index in [0.29, 0.717) is 33.7 Å². The first kappa shape index (κ1) is 18.4. The first-order valence-electron chi connectivity index (χ1n) is 8.08. The molecule has 0 aliphatic rings. The minimum atomic E-state index is -0.595. The molecule has 3 rings (SSSR count). The molecule has 0 saturated carbocycles. The highest BCUT2D eigenvalue weighted by molar-refractivity contribution is 5.95. The van der Waals surface area contributed by atoms with Crippen molar-refractivity contribution in [3.8, 4) is 17.2 Å². The SMILES string of the molecule is COC(=O)c1cc(OCc2cccc(F)c2)c2cc(OC)c(OC)cc2n1. The van der Waals surface area contributed by atoms with Gasteiger partial charge in [0.2, 0.25) is 0 Å².